The molecule has 1 aromatic heterocycles. The van der Waals surface area contributed by atoms with Gasteiger partial charge < -0.3 is 10.2 Å². The van der Waals surface area contributed by atoms with Crippen LogP contribution in [0.3, 0.4) is 0 Å². The molecule has 0 aliphatic rings. The monoisotopic (exact) mass is 245 g/mol. The maximum Gasteiger partial charge on any atom is 0.306 e. The van der Waals surface area contributed by atoms with E-state index in [9.17, 15) is 9.90 Å². The second kappa shape index (κ2) is 4.34. The molecule has 1 aromatic rings. The van der Waals surface area contributed by atoms with Crippen LogP contribution in [0.5, 0.6) is 0 Å². The Balaban J connectivity index is 2.82. The number of aliphatic hydroxyl groups excluding tert-OH is 1. The molecule has 0 unspecified atom stereocenters. The van der Waals surface area contributed by atoms with Crippen molar-refractivity contribution in [2.45, 2.75) is 12.5 Å². The summed E-state index contributed by atoms with van der Waals surface area (Å²) in [6.45, 7) is 0. The number of aliphatic carboxylic acids is 1. The van der Waals surface area contributed by atoms with Crippen LogP contribution in [0.4, 0.5) is 0 Å². The van der Waals surface area contributed by atoms with E-state index >= 15 is 0 Å². The van der Waals surface area contributed by atoms with Gasteiger partial charge in [-0.2, -0.15) is 0 Å². The van der Waals surface area contributed by atoms with Gasteiger partial charge in [-0.1, -0.05) is 0 Å². The lowest BCUT2D eigenvalue weighted by Gasteiger charge is -2.08. The van der Waals surface area contributed by atoms with Crippen LogP contribution in [0.25, 0.3) is 0 Å². The van der Waals surface area contributed by atoms with Crippen LogP contribution in [0.15, 0.2) is 22.8 Å². The van der Waals surface area contributed by atoms with Crippen molar-refractivity contribution in [1.82, 2.24) is 4.98 Å². The molecule has 4 nitrogen and oxygen atoms in total. The van der Waals surface area contributed by atoms with Crippen molar-refractivity contribution in [2.24, 2.45) is 0 Å². The number of pyridine rings is 1. The van der Waals surface area contributed by atoms with Gasteiger partial charge in [0.05, 0.1) is 12.1 Å². The van der Waals surface area contributed by atoms with Crippen LogP contribution in [-0.4, -0.2) is 21.2 Å². The van der Waals surface area contributed by atoms with Crippen LogP contribution in [-0.2, 0) is 4.79 Å². The Morgan fingerprint density at radius 3 is 2.92 bits per heavy atom. The van der Waals surface area contributed by atoms with Crippen molar-refractivity contribution in [1.29, 1.82) is 0 Å². The zero-order valence-corrected chi connectivity index (χ0v) is 8.23. The smallest absolute Gasteiger partial charge is 0.306 e. The molecule has 0 saturated heterocycles. The third kappa shape index (κ3) is 2.78. The second-order valence-corrected chi connectivity index (χ2v) is 3.34. The summed E-state index contributed by atoms with van der Waals surface area (Å²) in [5, 5.41) is 17.8. The minimum Gasteiger partial charge on any atom is -0.481 e. The van der Waals surface area contributed by atoms with Gasteiger partial charge in [0.25, 0.3) is 0 Å². The highest BCUT2D eigenvalue weighted by Crippen LogP contribution is 2.22. The van der Waals surface area contributed by atoms with Crippen molar-refractivity contribution >= 4 is 21.9 Å². The minimum absolute atomic E-state index is 0.338. The zero-order chi connectivity index (χ0) is 9.84. The summed E-state index contributed by atoms with van der Waals surface area (Å²) in [7, 11) is 0. The van der Waals surface area contributed by atoms with Crippen LogP contribution >= 0.6 is 15.9 Å². The Kier molecular flexibility index (Phi) is 3.39. The van der Waals surface area contributed by atoms with Crippen molar-refractivity contribution in [3.05, 3.63) is 28.5 Å². The minimum atomic E-state index is -1.06. The van der Waals surface area contributed by atoms with Crippen LogP contribution in [0, 0.1) is 0 Å². The number of carbonyl (C=O) groups is 1. The summed E-state index contributed by atoms with van der Waals surface area (Å²) in [4.78, 5) is 14.2. The third-order valence-corrected chi connectivity index (χ3v) is 2.14. The highest BCUT2D eigenvalue weighted by molar-refractivity contribution is 9.10. The van der Waals surface area contributed by atoms with Crippen molar-refractivity contribution in [3.8, 4) is 0 Å². The first-order valence-electron chi connectivity index (χ1n) is 3.61. The van der Waals surface area contributed by atoms with E-state index in [0.29, 0.717) is 10.2 Å². The van der Waals surface area contributed by atoms with Gasteiger partial charge in [0.15, 0.2) is 0 Å². The predicted molar refractivity (Wildman–Crippen MR) is 49.1 cm³/mol. The van der Waals surface area contributed by atoms with Crippen LogP contribution in [0.1, 0.15) is 18.2 Å². The molecule has 2 N–H and O–H groups in total. The van der Waals surface area contributed by atoms with E-state index in [1.807, 2.05) is 0 Å². The Morgan fingerprint density at radius 1 is 1.69 bits per heavy atom. The Bertz CT molecular complexity index is 316. The first-order valence-corrected chi connectivity index (χ1v) is 4.41. The summed E-state index contributed by atoms with van der Waals surface area (Å²) in [6.07, 6.45) is 0.105. The first kappa shape index (κ1) is 10.1. The summed E-state index contributed by atoms with van der Waals surface area (Å²) in [6, 6.07) is 3.40. The summed E-state index contributed by atoms with van der Waals surface area (Å²) < 4.78 is 0.615. The van der Waals surface area contributed by atoms with Crippen molar-refractivity contribution in [2.75, 3.05) is 0 Å². The number of rotatable bonds is 3. The largest absolute Gasteiger partial charge is 0.481 e. The maximum absolute atomic E-state index is 10.3. The lowest BCUT2D eigenvalue weighted by Crippen LogP contribution is -2.07. The van der Waals surface area contributed by atoms with E-state index in [1.165, 1.54) is 6.20 Å². The quantitative estimate of drug-likeness (QED) is 0.844. The lowest BCUT2D eigenvalue weighted by atomic mass is 10.2. The van der Waals surface area contributed by atoms with Gasteiger partial charge in [-0.05, 0) is 28.1 Å². The molecule has 0 aliphatic carbocycles. The van der Waals surface area contributed by atoms with Gasteiger partial charge in [-0.15, -0.1) is 0 Å². The fraction of sp³-hybridized carbons (Fsp3) is 0.250. The summed E-state index contributed by atoms with van der Waals surface area (Å²) in [5.74, 6) is -1.05. The lowest BCUT2D eigenvalue weighted by molar-refractivity contribution is -0.139. The first-order chi connectivity index (χ1) is 6.11. The highest BCUT2D eigenvalue weighted by Gasteiger charge is 2.15. The van der Waals surface area contributed by atoms with Gasteiger partial charge >= 0.3 is 5.97 Å². The molecule has 0 amide bonds. The highest BCUT2D eigenvalue weighted by atomic mass is 79.9. The van der Waals surface area contributed by atoms with Gasteiger partial charge in [-0.3, -0.25) is 9.78 Å². The molecular weight excluding hydrogens is 238 g/mol. The molecule has 0 aromatic carbocycles. The van der Waals surface area contributed by atoms with E-state index in [0.717, 1.165) is 0 Å². The average Bonchev–Trinajstić information content (AvgIpc) is 2.03. The SMILES string of the molecule is O=C(O)C[C@H](O)c1ncccc1Br. The molecule has 0 bridgehead atoms. The normalized spacial score (nSPS) is 12.5. The van der Waals surface area contributed by atoms with E-state index < -0.39 is 12.1 Å². The second-order valence-electron chi connectivity index (χ2n) is 2.48. The van der Waals surface area contributed by atoms with Gasteiger partial charge in [0.1, 0.15) is 6.10 Å². The number of nitrogens with zero attached hydrogens (tertiary/aromatic N) is 1. The number of carboxylic acid groups (broad SMARTS) is 1. The Hall–Kier alpha value is -0.940. The number of aromatic nitrogens is 1. The maximum atomic E-state index is 10.3. The van der Waals surface area contributed by atoms with E-state index in [2.05, 4.69) is 20.9 Å². The number of halogens is 1. The zero-order valence-electron chi connectivity index (χ0n) is 6.64. The molecular formula is C8H8BrNO3. The molecule has 70 valence electrons. The predicted octanol–water partition coefficient (Wildman–Crippen LogP) is 1.35. The average molecular weight is 246 g/mol. The van der Waals surface area contributed by atoms with Crippen molar-refractivity contribution in [3.63, 3.8) is 0 Å². The Morgan fingerprint density at radius 2 is 2.38 bits per heavy atom. The molecule has 5 heteroatoms. The molecule has 0 saturated carbocycles. The fourth-order valence-electron chi connectivity index (χ4n) is 0.905. The Labute approximate surface area is 83.4 Å². The van der Waals surface area contributed by atoms with E-state index in [-0.39, 0.29) is 6.42 Å². The number of aliphatic hydroxyl groups is 1. The topological polar surface area (TPSA) is 70.4 Å². The van der Waals surface area contributed by atoms with Crippen LogP contribution in [0.2, 0.25) is 0 Å². The molecule has 1 heterocycles. The number of hydrogen-bond donors (Lipinski definition) is 2. The van der Waals surface area contributed by atoms with Crippen molar-refractivity contribution < 1.29 is 15.0 Å². The van der Waals surface area contributed by atoms with Crippen LogP contribution < -0.4 is 0 Å². The van der Waals surface area contributed by atoms with Gasteiger partial charge in [0, 0.05) is 10.7 Å². The number of carboxylic acids is 1. The molecule has 0 aliphatic heterocycles. The standard InChI is InChI=1S/C8H8BrNO3/c9-5-2-1-3-10-8(5)6(11)4-7(12)13/h1-3,6,11H,4H2,(H,12,13)/t6-/m0/s1. The fourth-order valence-corrected chi connectivity index (χ4v) is 1.42. The van der Waals surface area contributed by atoms with Gasteiger partial charge in [-0.25, -0.2) is 0 Å². The summed E-state index contributed by atoms with van der Waals surface area (Å²) in [5.41, 5.74) is 0.352. The summed E-state index contributed by atoms with van der Waals surface area (Å²) >= 11 is 3.17. The molecule has 0 fully saturated rings. The molecule has 0 radical (unpaired) electrons. The third-order valence-electron chi connectivity index (χ3n) is 1.47. The molecule has 13 heavy (non-hydrogen) atoms. The molecule has 1 rings (SSSR count). The van der Waals surface area contributed by atoms with Gasteiger partial charge in [0.2, 0.25) is 0 Å². The molecule has 0 spiro atoms. The van der Waals surface area contributed by atoms with E-state index in [4.69, 9.17) is 5.11 Å². The van der Waals surface area contributed by atoms with E-state index in [1.54, 1.807) is 12.1 Å². The molecule has 1 atom stereocenters. The number of hydrogen-bond acceptors (Lipinski definition) is 3.